The van der Waals surface area contributed by atoms with Crippen molar-refractivity contribution in [3.63, 3.8) is 0 Å². The van der Waals surface area contributed by atoms with Crippen LogP contribution in [-0.4, -0.2) is 11.9 Å². The van der Waals surface area contributed by atoms with Crippen molar-refractivity contribution >= 4 is 5.91 Å². The normalized spacial score (nSPS) is 22.9. The van der Waals surface area contributed by atoms with E-state index in [1.165, 1.54) is 0 Å². The molecule has 0 bridgehead atoms. The van der Waals surface area contributed by atoms with Gasteiger partial charge in [0.2, 0.25) is 5.91 Å². The molecule has 1 amide bonds. The van der Waals surface area contributed by atoms with Crippen molar-refractivity contribution in [3.05, 3.63) is 23.8 Å². The van der Waals surface area contributed by atoms with Crippen LogP contribution < -0.4 is 5.32 Å². The SMILES string of the molecule is C/C=C(/C)C(=O)NC1CC=CCC1. The first-order valence-corrected chi connectivity index (χ1v) is 4.83. The molecule has 2 nitrogen and oxygen atoms in total. The van der Waals surface area contributed by atoms with E-state index in [0.29, 0.717) is 6.04 Å². The van der Waals surface area contributed by atoms with Crippen LogP contribution in [0.3, 0.4) is 0 Å². The van der Waals surface area contributed by atoms with E-state index in [9.17, 15) is 4.79 Å². The van der Waals surface area contributed by atoms with Gasteiger partial charge in [-0.3, -0.25) is 4.79 Å². The lowest BCUT2D eigenvalue weighted by molar-refractivity contribution is -0.118. The third-order valence-electron chi connectivity index (χ3n) is 2.40. The molecular formula is C11H17NO. The van der Waals surface area contributed by atoms with Crippen LogP contribution in [0.1, 0.15) is 33.1 Å². The van der Waals surface area contributed by atoms with Crippen molar-refractivity contribution in [2.45, 2.75) is 39.2 Å². The van der Waals surface area contributed by atoms with Gasteiger partial charge in [0.15, 0.2) is 0 Å². The van der Waals surface area contributed by atoms with Gasteiger partial charge in [0.05, 0.1) is 0 Å². The first kappa shape index (κ1) is 10.0. The molecule has 1 aliphatic carbocycles. The molecule has 0 heterocycles. The maximum absolute atomic E-state index is 11.4. The highest BCUT2D eigenvalue weighted by Crippen LogP contribution is 2.10. The number of allylic oxidation sites excluding steroid dienone is 2. The number of rotatable bonds is 2. The average Bonchev–Trinajstić information content (AvgIpc) is 2.18. The molecule has 13 heavy (non-hydrogen) atoms. The fourth-order valence-corrected chi connectivity index (χ4v) is 1.36. The Labute approximate surface area is 79.7 Å². The smallest absolute Gasteiger partial charge is 0.246 e. The van der Waals surface area contributed by atoms with Gasteiger partial charge in [-0.05, 0) is 33.1 Å². The van der Waals surface area contributed by atoms with Crippen molar-refractivity contribution in [2.75, 3.05) is 0 Å². The standard InChI is InChI=1S/C11H17NO/c1-3-9(2)11(13)12-10-7-5-4-6-8-10/h3-5,10H,6-8H2,1-2H3,(H,12,13)/b9-3-. The second-order valence-electron chi connectivity index (χ2n) is 3.43. The van der Waals surface area contributed by atoms with Crippen LogP contribution in [0.5, 0.6) is 0 Å². The number of hydrogen-bond donors (Lipinski definition) is 1. The molecule has 0 saturated carbocycles. The van der Waals surface area contributed by atoms with Crippen LogP contribution in [0.2, 0.25) is 0 Å². The van der Waals surface area contributed by atoms with Gasteiger partial charge in [-0.25, -0.2) is 0 Å². The van der Waals surface area contributed by atoms with Crippen molar-refractivity contribution < 1.29 is 4.79 Å². The lowest BCUT2D eigenvalue weighted by atomic mass is 10.0. The molecule has 0 aliphatic heterocycles. The second kappa shape index (κ2) is 4.85. The highest BCUT2D eigenvalue weighted by atomic mass is 16.1. The summed E-state index contributed by atoms with van der Waals surface area (Å²) in [6.45, 7) is 3.73. The number of carbonyl (C=O) groups is 1. The summed E-state index contributed by atoms with van der Waals surface area (Å²) < 4.78 is 0. The largest absolute Gasteiger partial charge is 0.349 e. The third kappa shape index (κ3) is 3.05. The summed E-state index contributed by atoms with van der Waals surface area (Å²) in [5, 5.41) is 3.01. The van der Waals surface area contributed by atoms with Crippen molar-refractivity contribution in [1.29, 1.82) is 0 Å². The molecule has 1 unspecified atom stereocenters. The molecule has 1 atom stereocenters. The lowest BCUT2D eigenvalue weighted by Gasteiger charge is -2.19. The number of nitrogens with one attached hydrogen (secondary N) is 1. The lowest BCUT2D eigenvalue weighted by Crippen LogP contribution is -2.35. The van der Waals surface area contributed by atoms with E-state index in [2.05, 4.69) is 17.5 Å². The average molecular weight is 179 g/mol. The maximum Gasteiger partial charge on any atom is 0.246 e. The van der Waals surface area contributed by atoms with Gasteiger partial charge in [0.25, 0.3) is 0 Å². The molecule has 0 radical (unpaired) electrons. The van der Waals surface area contributed by atoms with Crippen LogP contribution in [0.25, 0.3) is 0 Å². The first-order valence-electron chi connectivity index (χ1n) is 4.83. The van der Waals surface area contributed by atoms with E-state index in [4.69, 9.17) is 0 Å². The Morgan fingerprint density at radius 1 is 1.54 bits per heavy atom. The molecule has 0 aromatic carbocycles. The second-order valence-corrected chi connectivity index (χ2v) is 3.43. The van der Waals surface area contributed by atoms with E-state index < -0.39 is 0 Å². The summed E-state index contributed by atoms with van der Waals surface area (Å²) >= 11 is 0. The van der Waals surface area contributed by atoms with Gasteiger partial charge in [0.1, 0.15) is 0 Å². The molecule has 0 aromatic rings. The summed E-state index contributed by atoms with van der Waals surface area (Å²) in [7, 11) is 0. The van der Waals surface area contributed by atoms with Crippen LogP contribution >= 0.6 is 0 Å². The highest BCUT2D eigenvalue weighted by Gasteiger charge is 2.12. The summed E-state index contributed by atoms with van der Waals surface area (Å²) in [5.41, 5.74) is 0.801. The zero-order valence-corrected chi connectivity index (χ0v) is 8.34. The monoisotopic (exact) mass is 179 g/mol. The van der Waals surface area contributed by atoms with Gasteiger partial charge in [-0.1, -0.05) is 18.2 Å². The summed E-state index contributed by atoms with van der Waals surface area (Å²) in [5.74, 6) is 0.0720. The maximum atomic E-state index is 11.4. The zero-order valence-electron chi connectivity index (χ0n) is 8.34. The quantitative estimate of drug-likeness (QED) is 0.511. The molecule has 0 spiro atoms. The van der Waals surface area contributed by atoms with E-state index in [0.717, 1.165) is 24.8 Å². The van der Waals surface area contributed by atoms with Gasteiger partial charge in [-0.15, -0.1) is 0 Å². The molecule has 72 valence electrons. The van der Waals surface area contributed by atoms with Crippen LogP contribution in [0.15, 0.2) is 23.8 Å². The van der Waals surface area contributed by atoms with Crippen molar-refractivity contribution in [3.8, 4) is 0 Å². The Hall–Kier alpha value is -1.05. The van der Waals surface area contributed by atoms with Crippen molar-refractivity contribution in [1.82, 2.24) is 5.32 Å². The Bertz CT molecular complexity index is 240. The topological polar surface area (TPSA) is 29.1 Å². The van der Waals surface area contributed by atoms with Gasteiger partial charge in [-0.2, -0.15) is 0 Å². The molecule has 1 N–H and O–H groups in total. The summed E-state index contributed by atoms with van der Waals surface area (Å²) in [6.07, 6.45) is 9.28. The number of amides is 1. The Balaban J connectivity index is 2.40. The van der Waals surface area contributed by atoms with E-state index in [1.54, 1.807) is 0 Å². The minimum Gasteiger partial charge on any atom is -0.349 e. The molecule has 2 heteroatoms. The zero-order chi connectivity index (χ0) is 9.68. The predicted octanol–water partition coefficient (Wildman–Crippen LogP) is 2.18. The molecule has 0 aromatic heterocycles. The minimum absolute atomic E-state index is 0.0720. The highest BCUT2D eigenvalue weighted by molar-refractivity contribution is 5.92. The Morgan fingerprint density at radius 2 is 2.31 bits per heavy atom. The summed E-state index contributed by atoms with van der Waals surface area (Å²) in [4.78, 5) is 11.4. The predicted molar refractivity (Wildman–Crippen MR) is 54.4 cm³/mol. The fraction of sp³-hybridized carbons (Fsp3) is 0.545. The Morgan fingerprint density at radius 3 is 2.85 bits per heavy atom. The third-order valence-corrected chi connectivity index (χ3v) is 2.40. The van der Waals surface area contributed by atoms with E-state index >= 15 is 0 Å². The van der Waals surface area contributed by atoms with Crippen LogP contribution in [0, 0.1) is 0 Å². The van der Waals surface area contributed by atoms with Crippen molar-refractivity contribution in [2.24, 2.45) is 0 Å². The molecule has 1 rings (SSSR count). The molecule has 0 saturated heterocycles. The molecule has 0 fully saturated rings. The van der Waals surface area contributed by atoms with E-state index in [1.807, 2.05) is 19.9 Å². The van der Waals surface area contributed by atoms with Gasteiger partial charge in [0, 0.05) is 11.6 Å². The number of hydrogen-bond acceptors (Lipinski definition) is 1. The first-order chi connectivity index (χ1) is 6.24. The Kier molecular flexibility index (Phi) is 3.74. The van der Waals surface area contributed by atoms with Crippen LogP contribution in [-0.2, 0) is 4.79 Å². The van der Waals surface area contributed by atoms with Gasteiger partial charge < -0.3 is 5.32 Å². The molecular weight excluding hydrogens is 162 g/mol. The minimum atomic E-state index is 0.0720. The molecule has 1 aliphatic rings. The number of carbonyl (C=O) groups excluding carboxylic acids is 1. The summed E-state index contributed by atoms with van der Waals surface area (Å²) in [6, 6.07) is 0.340. The van der Waals surface area contributed by atoms with Gasteiger partial charge >= 0.3 is 0 Å². The fourth-order valence-electron chi connectivity index (χ4n) is 1.36. The van der Waals surface area contributed by atoms with E-state index in [-0.39, 0.29) is 5.91 Å². The van der Waals surface area contributed by atoms with Crippen LogP contribution in [0.4, 0.5) is 0 Å².